The van der Waals surface area contributed by atoms with Crippen molar-refractivity contribution in [1.82, 2.24) is 10.6 Å². The maximum absolute atomic E-state index is 11.5. The first-order chi connectivity index (χ1) is 8.88. The molecule has 1 heterocycles. The molecular formula is C11H6BrClN2O4. The van der Waals surface area contributed by atoms with Gasteiger partial charge < -0.3 is 5.11 Å². The molecule has 0 aromatic heterocycles. The molecule has 1 aliphatic rings. The predicted octanol–water partition coefficient (Wildman–Crippen LogP) is 1.56. The molecule has 0 unspecified atom stereocenters. The molecule has 0 bridgehead atoms. The number of aromatic hydroxyl groups is 1. The maximum atomic E-state index is 11.5. The number of phenolic OH excluding ortho intramolecular Hbond substituents is 1. The van der Waals surface area contributed by atoms with Gasteiger partial charge in [-0.05, 0) is 34.1 Å². The number of barbiturate groups is 1. The zero-order valence-electron chi connectivity index (χ0n) is 9.16. The standard InChI is InChI=1S/C11H6BrClN2O4/c12-7-3-5(13)1-4(8(7)16)2-6-9(17)14-11(19)15-10(6)18/h1-3,16H,(H2,14,15,17,18,19). The highest BCUT2D eigenvalue weighted by molar-refractivity contribution is 9.10. The molecule has 6 nitrogen and oxygen atoms in total. The molecule has 0 atom stereocenters. The van der Waals surface area contributed by atoms with Gasteiger partial charge >= 0.3 is 6.03 Å². The van der Waals surface area contributed by atoms with Gasteiger partial charge in [0.25, 0.3) is 11.8 Å². The molecule has 1 aliphatic heterocycles. The van der Waals surface area contributed by atoms with Gasteiger partial charge in [-0.2, -0.15) is 0 Å². The van der Waals surface area contributed by atoms with Crippen LogP contribution in [0, 0.1) is 0 Å². The number of imide groups is 2. The normalized spacial score (nSPS) is 15.1. The molecule has 1 aromatic carbocycles. The minimum atomic E-state index is -0.886. The van der Waals surface area contributed by atoms with Crippen LogP contribution >= 0.6 is 27.5 Å². The lowest BCUT2D eigenvalue weighted by atomic mass is 10.1. The van der Waals surface area contributed by atoms with Crippen LogP contribution in [0.25, 0.3) is 6.08 Å². The number of urea groups is 1. The summed E-state index contributed by atoms with van der Waals surface area (Å²) in [6.45, 7) is 0. The van der Waals surface area contributed by atoms with E-state index in [4.69, 9.17) is 11.6 Å². The molecule has 1 aromatic rings. The number of carbonyl (C=O) groups excluding carboxylic acids is 3. The highest BCUT2D eigenvalue weighted by atomic mass is 79.9. The summed E-state index contributed by atoms with van der Waals surface area (Å²) < 4.78 is 0.319. The summed E-state index contributed by atoms with van der Waals surface area (Å²) >= 11 is 8.89. The number of hydrogen-bond acceptors (Lipinski definition) is 4. The van der Waals surface area contributed by atoms with E-state index in [9.17, 15) is 19.5 Å². The average Bonchev–Trinajstić information content (AvgIpc) is 2.29. The highest BCUT2D eigenvalue weighted by Crippen LogP contribution is 2.33. The van der Waals surface area contributed by atoms with Gasteiger partial charge in [-0.25, -0.2) is 4.79 Å². The Hall–Kier alpha value is -1.86. The molecule has 1 saturated heterocycles. The van der Waals surface area contributed by atoms with Crippen molar-refractivity contribution < 1.29 is 19.5 Å². The van der Waals surface area contributed by atoms with Crippen molar-refractivity contribution in [3.63, 3.8) is 0 Å². The number of halogens is 2. The molecule has 0 spiro atoms. The van der Waals surface area contributed by atoms with Gasteiger partial charge in [-0.15, -0.1) is 0 Å². The minimum Gasteiger partial charge on any atom is -0.506 e. The number of benzene rings is 1. The van der Waals surface area contributed by atoms with Crippen LogP contribution in [0.2, 0.25) is 5.02 Å². The number of rotatable bonds is 1. The average molecular weight is 346 g/mol. The van der Waals surface area contributed by atoms with Gasteiger partial charge in [-0.3, -0.25) is 20.2 Å². The molecule has 0 saturated carbocycles. The van der Waals surface area contributed by atoms with Crippen molar-refractivity contribution in [2.45, 2.75) is 0 Å². The van der Waals surface area contributed by atoms with E-state index < -0.39 is 17.8 Å². The largest absolute Gasteiger partial charge is 0.506 e. The Labute approximate surface area is 120 Å². The number of hydrogen-bond donors (Lipinski definition) is 3. The predicted molar refractivity (Wildman–Crippen MR) is 70.5 cm³/mol. The number of carbonyl (C=O) groups is 3. The van der Waals surface area contributed by atoms with Crippen LogP contribution in [-0.2, 0) is 9.59 Å². The van der Waals surface area contributed by atoms with Gasteiger partial charge in [0.15, 0.2) is 0 Å². The monoisotopic (exact) mass is 344 g/mol. The zero-order valence-corrected chi connectivity index (χ0v) is 11.5. The Kier molecular flexibility index (Phi) is 3.59. The van der Waals surface area contributed by atoms with E-state index in [2.05, 4.69) is 15.9 Å². The van der Waals surface area contributed by atoms with Gasteiger partial charge in [-0.1, -0.05) is 11.6 Å². The lowest BCUT2D eigenvalue weighted by molar-refractivity contribution is -0.123. The van der Waals surface area contributed by atoms with Crippen molar-refractivity contribution in [2.24, 2.45) is 0 Å². The Balaban J connectivity index is 2.49. The molecular weight excluding hydrogens is 339 g/mol. The molecule has 4 amide bonds. The van der Waals surface area contributed by atoms with Crippen molar-refractivity contribution in [2.75, 3.05) is 0 Å². The van der Waals surface area contributed by atoms with E-state index in [-0.39, 0.29) is 16.9 Å². The van der Waals surface area contributed by atoms with Gasteiger partial charge in [0, 0.05) is 10.6 Å². The summed E-state index contributed by atoms with van der Waals surface area (Å²) in [5, 5.41) is 14.0. The van der Waals surface area contributed by atoms with E-state index in [0.29, 0.717) is 9.50 Å². The third-order valence-corrected chi connectivity index (χ3v) is 3.12. The van der Waals surface area contributed by atoms with E-state index in [1.54, 1.807) is 0 Å². The Bertz CT molecular complexity index is 620. The summed E-state index contributed by atoms with van der Waals surface area (Å²) in [4.78, 5) is 33.9. The number of nitrogens with one attached hydrogen (secondary N) is 2. The van der Waals surface area contributed by atoms with Crippen molar-refractivity contribution >= 4 is 51.5 Å². The van der Waals surface area contributed by atoms with E-state index in [0.717, 1.165) is 6.08 Å². The lowest BCUT2D eigenvalue weighted by Gasteiger charge is -2.14. The number of amides is 4. The zero-order chi connectivity index (χ0) is 14.2. The molecule has 0 aliphatic carbocycles. The van der Waals surface area contributed by atoms with E-state index >= 15 is 0 Å². The Morgan fingerprint density at radius 3 is 2.32 bits per heavy atom. The molecule has 98 valence electrons. The second kappa shape index (κ2) is 5.02. The van der Waals surface area contributed by atoms with Crippen LogP contribution in [-0.4, -0.2) is 23.0 Å². The van der Waals surface area contributed by atoms with E-state index in [1.165, 1.54) is 12.1 Å². The van der Waals surface area contributed by atoms with Crippen LogP contribution in [0.15, 0.2) is 22.2 Å². The quantitative estimate of drug-likeness (QED) is 0.532. The number of phenols is 1. The first-order valence-electron chi connectivity index (χ1n) is 4.95. The molecule has 3 N–H and O–H groups in total. The fraction of sp³-hybridized carbons (Fsp3) is 0. The fourth-order valence-corrected chi connectivity index (χ4v) is 2.29. The SMILES string of the molecule is O=C1NC(=O)C(=Cc2cc(Cl)cc(Br)c2O)C(=O)N1. The van der Waals surface area contributed by atoms with Crippen LogP contribution < -0.4 is 10.6 Å². The van der Waals surface area contributed by atoms with Gasteiger partial charge in [0.2, 0.25) is 0 Å². The van der Waals surface area contributed by atoms with E-state index in [1.807, 2.05) is 10.6 Å². The van der Waals surface area contributed by atoms with Crippen molar-refractivity contribution in [3.8, 4) is 5.75 Å². The van der Waals surface area contributed by atoms with Crippen LogP contribution in [0.4, 0.5) is 4.79 Å². The highest BCUT2D eigenvalue weighted by Gasteiger charge is 2.28. The summed E-state index contributed by atoms with van der Waals surface area (Å²) in [6.07, 6.45) is 1.14. The van der Waals surface area contributed by atoms with Crippen LogP contribution in [0.3, 0.4) is 0 Å². The second-order valence-corrected chi connectivity index (χ2v) is 4.91. The van der Waals surface area contributed by atoms with Crippen LogP contribution in [0.1, 0.15) is 5.56 Å². The first-order valence-corrected chi connectivity index (χ1v) is 6.12. The summed E-state index contributed by atoms with van der Waals surface area (Å²) in [5.74, 6) is -1.86. The molecule has 1 fully saturated rings. The fourth-order valence-electron chi connectivity index (χ4n) is 1.46. The summed E-state index contributed by atoms with van der Waals surface area (Å²) in [5.41, 5.74) is -0.127. The molecule has 0 radical (unpaired) electrons. The lowest BCUT2D eigenvalue weighted by Crippen LogP contribution is -2.51. The van der Waals surface area contributed by atoms with Crippen molar-refractivity contribution in [3.05, 3.63) is 32.8 Å². The third kappa shape index (κ3) is 2.77. The Morgan fingerprint density at radius 2 is 1.74 bits per heavy atom. The second-order valence-electron chi connectivity index (χ2n) is 3.62. The minimum absolute atomic E-state index is 0.172. The maximum Gasteiger partial charge on any atom is 0.328 e. The first kappa shape index (κ1) is 13.6. The molecule has 8 heteroatoms. The molecule has 2 rings (SSSR count). The van der Waals surface area contributed by atoms with Crippen molar-refractivity contribution in [1.29, 1.82) is 0 Å². The van der Waals surface area contributed by atoms with Gasteiger partial charge in [0.05, 0.1) is 4.47 Å². The smallest absolute Gasteiger partial charge is 0.328 e. The molecule has 19 heavy (non-hydrogen) atoms. The summed E-state index contributed by atoms with van der Waals surface area (Å²) in [6, 6.07) is 1.96. The topological polar surface area (TPSA) is 95.5 Å². The summed E-state index contributed by atoms with van der Waals surface area (Å²) in [7, 11) is 0. The van der Waals surface area contributed by atoms with Gasteiger partial charge in [0.1, 0.15) is 11.3 Å². The Morgan fingerprint density at radius 1 is 1.16 bits per heavy atom. The van der Waals surface area contributed by atoms with Crippen LogP contribution in [0.5, 0.6) is 5.75 Å². The third-order valence-electron chi connectivity index (χ3n) is 2.30.